The maximum atomic E-state index is 2.56. The van der Waals surface area contributed by atoms with E-state index in [2.05, 4.69) is 314 Å². The topological polar surface area (TPSA) is 8.17 Å². The smallest absolute Gasteiger partial charge is 0.0541 e. The van der Waals surface area contributed by atoms with Gasteiger partial charge in [0.1, 0.15) is 0 Å². The van der Waals surface area contributed by atoms with Crippen LogP contribution < -0.4 is 4.90 Å². The van der Waals surface area contributed by atoms with Gasteiger partial charge < -0.3 is 9.47 Å². The first-order valence-corrected chi connectivity index (χ1v) is 29.0. The normalized spacial score (nSPS) is 12.9. The summed E-state index contributed by atoms with van der Waals surface area (Å²) in [6.07, 6.45) is 0. The second-order valence-electron chi connectivity index (χ2n) is 28.0. The highest BCUT2D eigenvalue weighted by Crippen LogP contribution is 2.50. The summed E-state index contributed by atoms with van der Waals surface area (Å²) in [5.41, 5.74) is 20.9. The van der Waals surface area contributed by atoms with Gasteiger partial charge in [-0.1, -0.05) is 249 Å². The molecular formula is C78H78N2. The number of anilines is 3. The van der Waals surface area contributed by atoms with E-state index in [-0.39, 0.29) is 27.1 Å². The predicted molar refractivity (Wildman–Crippen MR) is 349 cm³/mol. The quantitative estimate of drug-likeness (QED) is 0.144. The van der Waals surface area contributed by atoms with E-state index in [0.717, 1.165) is 17.1 Å². The lowest BCUT2D eigenvalue weighted by Crippen LogP contribution is -2.17. The Balaban J connectivity index is 1.13. The summed E-state index contributed by atoms with van der Waals surface area (Å²) in [5.74, 6) is 0. The lowest BCUT2D eigenvalue weighted by Gasteiger charge is -2.31. The Labute approximate surface area is 476 Å². The molecule has 0 atom stereocenters. The fourth-order valence-corrected chi connectivity index (χ4v) is 12.2. The number of benzene rings is 11. The van der Waals surface area contributed by atoms with Crippen LogP contribution in [-0.2, 0) is 27.1 Å². The van der Waals surface area contributed by atoms with Crippen LogP contribution in [0, 0.1) is 0 Å². The minimum absolute atomic E-state index is 0.000966. The molecule has 0 N–H and O–H groups in total. The Morgan fingerprint density at radius 1 is 0.287 bits per heavy atom. The zero-order valence-corrected chi connectivity index (χ0v) is 49.9. The Hall–Kier alpha value is -7.94. The second-order valence-corrected chi connectivity index (χ2v) is 28.0. The summed E-state index contributed by atoms with van der Waals surface area (Å²) in [6.45, 7) is 35.0. The largest absolute Gasteiger partial charge is 0.309 e. The number of rotatable bonds is 7. The molecule has 1 heterocycles. The standard InChI is InChI=1S/C78H78N2/c1-74(2,3)56-33-39-71-66(48-56)65-45-53(49-22-17-16-18-23-49)32-38-70(65)80(71)69-37-31-51-28-34-63-68(36-30-50-29-35-64(69)73(51)72(50)63)79(61-25-21-24-52(44-61)54-40-57(75(4,5)6)46-58(41-54)76(7,8)9)67-27-20-19-26-62(67)55-42-59(77(10,11)12)47-60(43-55)78(13,14)15/h16-48H,1-15H3. The molecule has 0 unspecified atom stereocenters. The molecular weight excluding hydrogens is 965 g/mol. The van der Waals surface area contributed by atoms with Crippen LogP contribution in [0.1, 0.15) is 132 Å². The highest BCUT2D eigenvalue weighted by molar-refractivity contribution is 6.28. The zero-order valence-electron chi connectivity index (χ0n) is 49.9. The molecule has 11 aromatic carbocycles. The molecule has 0 spiro atoms. The van der Waals surface area contributed by atoms with Gasteiger partial charge in [-0.3, -0.25) is 0 Å². The fraction of sp³-hybridized carbons (Fsp3) is 0.256. The molecule has 0 aliphatic heterocycles. The van der Waals surface area contributed by atoms with Gasteiger partial charge in [0, 0.05) is 32.8 Å². The van der Waals surface area contributed by atoms with Gasteiger partial charge in [0.25, 0.3) is 0 Å². The molecule has 0 aliphatic carbocycles. The van der Waals surface area contributed by atoms with Crippen molar-refractivity contribution in [2.75, 3.05) is 4.90 Å². The van der Waals surface area contributed by atoms with Crippen molar-refractivity contribution in [1.82, 2.24) is 4.57 Å². The molecule has 400 valence electrons. The Morgan fingerprint density at radius 2 is 0.775 bits per heavy atom. The lowest BCUT2D eigenvalue weighted by atomic mass is 9.78. The van der Waals surface area contributed by atoms with Crippen LogP contribution in [-0.4, -0.2) is 4.57 Å². The van der Waals surface area contributed by atoms with Crippen molar-refractivity contribution < 1.29 is 0 Å². The Kier molecular flexibility index (Phi) is 12.4. The third-order valence-corrected chi connectivity index (χ3v) is 17.1. The van der Waals surface area contributed by atoms with Gasteiger partial charge in [-0.2, -0.15) is 0 Å². The molecule has 0 saturated heterocycles. The number of fused-ring (bicyclic) bond motifs is 3. The predicted octanol–water partition coefficient (Wildman–Crippen LogP) is 22.6. The van der Waals surface area contributed by atoms with Gasteiger partial charge in [-0.15, -0.1) is 0 Å². The highest BCUT2D eigenvalue weighted by Gasteiger charge is 2.28. The van der Waals surface area contributed by atoms with Crippen LogP contribution in [0.5, 0.6) is 0 Å². The van der Waals surface area contributed by atoms with Crippen LogP contribution in [0.25, 0.3) is 93.2 Å². The Bertz CT molecular complexity index is 4290. The van der Waals surface area contributed by atoms with Crippen molar-refractivity contribution in [3.8, 4) is 39.1 Å². The summed E-state index contributed by atoms with van der Waals surface area (Å²) >= 11 is 0. The van der Waals surface area contributed by atoms with Gasteiger partial charge in [0.05, 0.1) is 28.1 Å². The highest BCUT2D eigenvalue weighted by atomic mass is 15.1. The third-order valence-electron chi connectivity index (χ3n) is 17.1. The van der Waals surface area contributed by atoms with Crippen molar-refractivity contribution in [3.05, 3.63) is 228 Å². The first-order chi connectivity index (χ1) is 37.8. The van der Waals surface area contributed by atoms with Crippen LogP contribution >= 0.6 is 0 Å². The molecule has 12 aromatic rings. The van der Waals surface area contributed by atoms with E-state index < -0.39 is 0 Å². The van der Waals surface area contributed by atoms with E-state index in [0.29, 0.717) is 0 Å². The van der Waals surface area contributed by atoms with E-state index in [1.54, 1.807) is 0 Å². The third kappa shape index (κ3) is 9.35. The number of nitrogens with zero attached hydrogens (tertiary/aromatic N) is 2. The van der Waals surface area contributed by atoms with Crippen LogP contribution in [0.3, 0.4) is 0 Å². The first-order valence-electron chi connectivity index (χ1n) is 29.0. The van der Waals surface area contributed by atoms with E-state index in [9.17, 15) is 0 Å². The van der Waals surface area contributed by atoms with Crippen molar-refractivity contribution in [3.63, 3.8) is 0 Å². The number of hydrogen-bond acceptors (Lipinski definition) is 1. The summed E-state index contributed by atoms with van der Waals surface area (Å²) < 4.78 is 2.53. The molecule has 1 aromatic heterocycles. The molecule has 0 saturated carbocycles. The van der Waals surface area contributed by atoms with Crippen LogP contribution in [0.4, 0.5) is 17.1 Å². The fourth-order valence-electron chi connectivity index (χ4n) is 12.2. The molecule has 0 radical (unpaired) electrons. The number of aromatic nitrogens is 1. The SMILES string of the molecule is CC(C)(C)c1cc(-c2cccc(N(c3ccccc3-c3cc(C(C)(C)C)cc(C(C)(C)C)c3)c3ccc4ccc5c(-n6c7ccc(-c8ccccc8)cc7c7cc(C(C)(C)C)ccc76)ccc6ccc3c4c65)c2)cc(C(C)(C)C)c1. The Morgan fingerprint density at radius 3 is 1.39 bits per heavy atom. The molecule has 0 amide bonds. The minimum atomic E-state index is -0.0445. The number of para-hydroxylation sites is 1. The van der Waals surface area contributed by atoms with Crippen molar-refractivity contribution in [1.29, 1.82) is 0 Å². The molecule has 2 nitrogen and oxygen atoms in total. The summed E-state index contributed by atoms with van der Waals surface area (Å²) in [4.78, 5) is 2.56. The minimum Gasteiger partial charge on any atom is -0.309 e. The molecule has 0 fully saturated rings. The van der Waals surface area contributed by atoms with Crippen molar-refractivity contribution in [2.45, 2.75) is 131 Å². The summed E-state index contributed by atoms with van der Waals surface area (Å²) in [6, 6.07) is 77.0. The second kappa shape index (κ2) is 18.8. The molecule has 2 heteroatoms. The van der Waals surface area contributed by atoms with Gasteiger partial charge in [-0.25, -0.2) is 0 Å². The van der Waals surface area contributed by atoms with E-state index >= 15 is 0 Å². The maximum Gasteiger partial charge on any atom is 0.0541 e. The monoisotopic (exact) mass is 1040 g/mol. The molecule has 0 bridgehead atoms. The average Bonchev–Trinajstić information content (AvgIpc) is 3.86. The van der Waals surface area contributed by atoms with Crippen molar-refractivity contribution >= 4 is 71.2 Å². The maximum absolute atomic E-state index is 2.56. The van der Waals surface area contributed by atoms with E-state index in [1.165, 1.54) is 121 Å². The zero-order chi connectivity index (χ0) is 56.4. The van der Waals surface area contributed by atoms with Crippen LogP contribution in [0.15, 0.2) is 200 Å². The van der Waals surface area contributed by atoms with E-state index in [4.69, 9.17) is 0 Å². The lowest BCUT2D eigenvalue weighted by molar-refractivity contribution is 0.568. The van der Waals surface area contributed by atoms with Crippen LogP contribution in [0.2, 0.25) is 0 Å². The average molecular weight is 1040 g/mol. The summed E-state index contributed by atoms with van der Waals surface area (Å²) in [5, 5.41) is 10.0. The van der Waals surface area contributed by atoms with Gasteiger partial charge in [-0.05, 0) is 159 Å². The number of hydrogen-bond donors (Lipinski definition) is 0. The van der Waals surface area contributed by atoms with E-state index in [1.807, 2.05) is 0 Å². The van der Waals surface area contributed by atoms with Gasteiger partial charge >= 0.3 is 0 Å². The van der Waals surface area contributed by atoms with Gasteiger partial charge in [0.15, 0.2) is 0 Å². The molecule has 0 aliphatic rings. The first kappa shape index (κ1) is 52.7. The summed E-state index contributed by atoms with van der Waals surface area (Å²) in [7, 11) is 0. The van der Waals surface area contributed by atoms with Gasteiger partial charge in [0.2, 0.25) is 0 Å². The molecule has 80 heavy (non-hydrogen) atoms. The van der Waals surface area contributed by atoms with Crippen molar-refractivity contribution in [2.24, 2.45) is 0 Å². The molecule has 12 rings (SSSR count).